The Labute approximate surface area is 370 Å². The van der Waals surface area contributed by atoms with Crippen molar-refractivity contribution in [3.05, 3.63) is 231 Å². The summed E-state index contributed by atoms with van der Waals surface area (Å²) >= 11 is 0. The van der Waals surface area contributed by atoms with Gasteiger partial charge in [0.2, 0.25) is 0 Å². The molecule has 0 aromatic heterocycles. The monoisotopic (exact) mass is 806 g/mol. The van der Waals surface area contributed by atoms with Crippen molar-refractivity contribution < 1.29 is 0 Å². The molecule has 14 rings (SSSR count). The smallest absolute Gasteiger partial charge is 0.00206 e. The predicted molar refractivity (Wildman–Crippen MR) is 276 cm³/mol. The zero-order chi connectivity index (χ0) is 41.9. The van der Waals surface area contributed by atoms with Crippen LogP contribution in [0.2, 0.25) is 0 Å². The zero-order valence-corrected chi connectivity index (χ0v) is 34.9. The quantitative estimate of drug-likeness (QED) is 0.120. The highest BCUT2D eigenvalue weighted by Crippen LogP contribution is 2.46. The van der Waals surface area contributed by atoms with Gasteiger partial charge in [0, 0.05) is 0 Å². The van der Waals surface area contributed by atoms with Crippen molar-refractivity contribution in [2.24, 2.45) is 0 Å². The molecule has 0 aliphatic rings. The number of benzene rings is 14. The first kappa shape index (κ1) is 35.3. The van der Waals surface area contributed by atoms with Crippen LogP contribution in [0.1, 0.15) is 0 Å². The summed E-state index contributed by atoms with van der Waals surface area (Å²) in [5.74, 6) is 0. The van der Waals surface area contributed by atoms with Gasteiger partial charge in [-0.3, -0.25) is 0 Å². The van der Waals surface area contributed by atoms with E-state index in [1.54, 1.807) is 0 Å². The number of hydrogen-bond donors (Lipinski definition) is 0. The van der Waals surface area contributed by atoms with E-state index in [2.05, 4.69) is 231 Å². The second kappa shape index (κ2) is 13.6. The normalized spacial score (nSPS) is 12.1. The fourth-order valence-electron chi connectivity index (χ4n) is 11.3. The largest absolute Gasteiger partial charge is 0.0622 e. The Bertz CT molecular complexity index is 3900. The minimum atomic E-state index is 1.19. The van der Waals surface area contributed by atoms with E-state index in [1.165, 1.54) is 142 Å². The van der Waals surface area contributed by atoms with E-state index in [0.29, 0.717) is 0 Å². The molecule has 0 amide bonds. The molecule has 64 heavy (non-hydrogen) atoms. The summed E-state index contributed by atoms with van der Waals surface area (Å²) in [6, 6.07) is 86.3. The Morgan fingerprint density at radius 3 is 0.969 bits per heavy atom. The average Bonchev–Trinajstić information content (AvgIpc) is 3.36. The first-order valence-corrected chi connectivity index (χ1v) is 22.3. The molecule has 0 atom stereocenters. The predicted octanol–water partition coefficient (Wildman–Crippen LogP) is 18.1. The van der Waals surface area contributed by atoms with Crippen LogP contribution in [-0.2, 0) is 0 Å². The molecule has 0 unspecified atom stereocenters. The van der Waals surface area contributed by atoms with Crippen molar-refractivity contribution in [1.82, 2.24) is 0 Å². The molecule has 0 nitrogen and oxygen atoms in total. The van der Waals surface area contributed by atoms with Crippen LogP contribution in [0.5, 0.6) is 0 Å². The molecule has 0 aliphatic heterocycles. The van der Waals surface area contributed by atoms with Crippen molar-refractivity contribution in [2.45, 2.75) is 0 Å². The highest BCUT2D eigenvalue weighted by molar-refractivity contribution is 6.27. The summed E-state index contributed by atoms with van der Waals surface area (Å²) in [5, 5.41) is 20.7. The molecule has 0 bridgehead atoms. The second-order valence-corrected chi connectivity index (χ2v) is 17.5. The Balaban J connectivity index is 0.994. The van der Waals surface area contributed by atoms with Crippen molar-refractivity contribution >= 4 is 86.2 Å². The lowest BCUT2D eigenvalue weighted by Gasteiger charge is -2.19. The molecule has 0 saturated carbocycles. The molecule has 294 valence electrons. The lowest BCUT2D eigenvalue weighted by molar-refractivity contribution is 1.59. The maximum atomic E-state index is 2.43. The lowest BCUT2D eigenvalue weighted by Crippen LogP contribution is -1.92. The summed E-state index contributed by atoms with van der Waals surface area (Å²) in [5.41, 5.74) is 12.3. The van der Waals surface area contributed by atoms with Gasteiger partial charge in [-0.25, -0.2) is 0 Å². The number of hydrogen-bond acceptors (Lipinski definition) is 0. The Morgan fingerprint density at radius 2 is 0.516 bits per heavy atom. The molecule has 14 aromatic carbocycles. The topological polar surface area (TPSA) is 0 Å². The van der Waals surface area contributed by atoms with Crippen molar-refractivity contribution in [2.75, 3.05) is 0 Å². The Morgan fingerprint density at radius 1 is 0.172 bits per heavy atom. The summed E-state index contributed by atoms with van der Waals surface area (Å²) in [4.78, 5) is 0. The summed E-state index contributed by atoms with van der Waals surface area (Å²) < 4.78 is 0. The van der Waals surface area contributed by atoms with Gasteiger partial charge < -0.3 is 0 Å². The first-order valence-electron chi connectivity index (χ1n) is 22.3. The molecule has 0 radical (unpaired) electrons. The molecule has 0 N–H and O–H groups in total. The summed E-state index contributed by atoms with van der Waals surface area (Å²) in [6.07, 6.45) is 0. The van der Waals surface area contributed by atoms with Gasteiger partial charge in [0.1, 0.15) is 0 Å². The second-order valence-electron chi connectivity index (χ2n) is 17.5. The zero-order valence-electron chi connectivity index (χ0n) is 34.9. The van der Waals surface area contributed by atoms with Gasteiger partial charge in [-0.15, -0.1) is 0 Å². The molecule has 0 heteroatoms. The van der Waals surface area contributed by atoms with E-state index < -0.39 is 0 Å². The Kier molecular flexibility index (Phi) is 7.49. The Hall–Kier alpha value is -8.32. The molecule has 0 heterocycles. The average molecular weight is 807 g/mol. The third-order valence-corrected chi connectivity index (χ3v) is 14.1. The van der Waals surface area contributed by atoms with Gasteiger partial charge in [-0.1, -0.05) is 212 Å². The van der Waals surface area contributed by atoms with Gasteiger partial charge >= 0.3 is 0 Å². The van der Waals surface area contributed by atoms with E-state index in [0.717, 1.165) is 0 Å². The van der Waals surface area contributed by atoms with Gasteiger partial charge in [0.25, 0.3) is 0 Å². The van der Waals surface area contributed by atoms with Crippen LogP contribution >= 0.6 is 0 Å². The van der Waals surface area contributed by atoms with Crippen molar-refractivity contribution in [1.29, 1.82) is 0 Å². The number of rotatable bonds is 5. The van der Waals surface area contributed by atoms with Crippen LogP contribution in [-0.4, -0.2) is 0 Å². The van der Waals surface area contributed by atoms with Crippen LogP contribution < -0.4 is 0 Å². The minimum absolute atomic E-state index is 1.19. The number of fused-ring (bicyclic) bond motifs is 2. The van der Waals surface area contributed by atoms with Gasteiger partial charge in [-0.05, 0) is 160 Å². The van der Waals surface area contributed by atoms with E-state index in [4.69, 9.17) is 0 Å². The minimum Gasteiger partial charge on any atom is -0.0622 e. The molecule has 0 aliphatic carbocycles. The fraction of sp³-hybridized carbons (Fsp3) is 0. The molecular formula is C64H38. The molecule has 0 spiro atoms. The molecular weight excluding hydrogens is 769 g/mol. The van der Waals surface area contributed by atoms with E-state index in [-0.39, 0.29) is 0 Å². The SMILES string of the molecule is c1ccc(-c2c3ccccc3c(-c3ccc(-c4cc(-c5ccc6ccc7cccc8ccc5c6c78)cc(-c5ccc6ccc7cccc8ccc5c6c78)c4)cc3)c3ccccc23)cc1. The van der Waals surface area contributed by atoms with E-state index >= 15 is 0 Å². The highest BCUT2D eigenvalue weighted by Gasteiger charge is 2.19. The van der Waals surface area contributed by atoms with Crippen LogP contribution in [0.15, 0.2) is 231 Å². The third-order valence-electron chi connectivity index (χ3n) is 14.1. The fourth-order valence-corrected chi connectivity index (χ4v) is 11.3. The first-order chi connectivity index (χ1) is 31.7. The maximum absolute atomic E-state index is 2.43. The van der Waals surface area contributed by atoms with E-state index in [9.17, 15) is 0 Å². The third kappa shape index (κ3) is 5.17. The highest BCUT2D eigenvalue weighted by atomic mass is 14.2. The lowest BCUT2D eigenvalue weighted by atomic mass is 9.85. The van der Waals surface area contributed by atoms with Crippen LogP contribution in [0, 0.1) is 0 Å². The molecule has 14 aromatic rings. The van der Waals surface area contributed by atoms with Crippen molar-refractivity contribution in [3.8, 4) is 55.6 Å². The van der Waals surface area contributed by atoms with Gasteiger partial charge in [-0.2, -0.15) is 0 Å². The molecule has 0 fully saturated rings. The summed E-state index contributed by atoms with van der Waals surface area (Å²) in [6.45, 7) is 0. The van der Waals surface area contributed by atoms with Gasteiger partial charge in [0.05, 0.1) is 0 Å². The maximum Gasteiger partial charge on any atom is -0.00206 e. The standard InChI is InChI=1S/C64H38/c1-2-10-40(11-3-1)61-53-16-4-6-18-55(53)62(56-19-7-5-17-54(56)61)45-22-20-39(21-23-45)48-36-49(51-32-28-46-26-24-41-12-8-14-43-30-34-57(51)63(46)59(41)43)38-50(37-48)52-33-29-47-27-25-42-13-9-15-44-31-35-58(52)64(47)60(42)44/h1-38H. The van der Waals surface area contributed by atoms with Crippen LogP contribution in [0.25, 0.3) is 142 Å². The molecule has 0 saturated heterocycles. The van der Waals surface area contributed by atoms with Crippen LogP contribution in [0.3, 0.4) is 0 Å². The van der Waals surface area contributed by atoms with Crippen molar-refractivity contribution in [3.63, 3.8) is 0 Å². The van der Waals surface area contributed by atoms with Gasteiger partial charge in [0.15, 0.2) is 0 Å². The summed E-state index contributed by atoms with van der Waals surface area (Å²) in [7, 11) is 0. The van der Waals surface area contributed by atoms with Crippen LogP contribution in [0.4, 0.5) is 0 Å². The van der Waals surface area contributed by atoms with E-state index in [1.807, 2.05) is 0 Å².